The van der Waals surface area contributed by atoms with Crippen molar-refractivity contribution in [3.05, 3.63) is 35.9 Å². The van der Waals surface area contributed by atoms with Gasteiger partial charge in [-0.1, -0.05) is 37.3 Å². The van der Waals surface area contributed by atoms with Crippen molar-refractivity contribution in [3.8, 4) is 0 Å². The second kappa shape index (κ2) is 6.91. The summed E-state index contributed by atoms with van der Waals surface area (Å²) in [5.41, 5.74) is 1.47. The lowest BCUT2D eigenvalue weighted by molar-refractivity contribution is 0.0780. The largest absolute Gasteiger partial charge is 0.313 e. The minimum atomic E-state index is 0.546. The van der Waals surface area contributed by atoms with Gasteiger partial charge in [0.1, 0.15) is 0 Å². The van der Waals surface area contributed by atoms with E-state index in [1.165, 1.54) is 38.0 Å². The maximum atomic E-state index is 3.72. The number of hydrogen-bond acceptors (Lipinski definition) is 3. The number of likely N-dealkylation sites (N-methyl/N-ethyl adjacent to an activating group) is 2. The maximum absolute atomic E-state index is 3.72. The molecule has 116 valence electrons. The minimum absolute atomic E-state index is 0.546. The third-order valence-corrected chi connectivity index (χ3v) is 4.97. The Hall–Kier alpha value is -0.900. The van der Waals surface area contributed by atoms with Crippen molar-refractivity contribution in [2.24, 2.45) is 5.92 Å². The van der Waals surface area contributed by atoms with Gasteiger partial charge in [0, 0.05) is 38.3 Å². The van der Waals surface area contributed by atoms with Gasteiger partial charge in [-0.3, -0.25) is 4.90 Å². The Morgan fingerprint density at radius 3 is 2.62 bits per heavy atom. The van der Waals surface area contributed by atoms with Gasteiger partial charge in [0.05, 0.1) is 0 Å². The Bertz CT molecular complexity index is 429. The number of piperazine rings is 1. The number of benzene rings is 1. The van der Waals surface area contributed by atoms with Crippen molar-refractivity contribution < 1.29 is 0 Å². The third-order valence-electron chi connectivity index (χ3n) is 4.97. The van der Waals surface area contributed by atoms with E-state index in [0.29, 0.717) is 12.1 Å². The molecule has 2 fully saturated rings. The van der Waals surface area contributed by atoms with E-state index in [1.54, 1.807) is 0 Å². The fourth-order valence-corrected chi connectivity index (χ4v) is 3.56. The van der Waals surface area contributed by atoms with Crippen molar-refractivity contribution in [3.63, 3.8) is 0 Å². The zero-order chi connectivity index (χ0) is 14.7. The zero-order valence-electron chi connectivity index (χ0n) is 13.5. The van der Waals surface area contributed by atoms with Crippen LogP contribution < -0.4 is 5.32 Å². The van der Waals surface area contributed by atoms with Crippen molar-refractivity contribution in [2.75, 3.05) is 39.8 Å². The van der Waals surface area contributed by atoms with E-state index in [9.17, 15) is 0 Å². The van der Waals surface area contributed by atoms with E-state index in [-0.39, 0.29) is 0 Å². The van der Waals surface area contributed by atoms with E-state index < -0.39 is 0 Å². The van der Waals surface area contributed by atoms with Crippen molar-refractivity contribution in [2.45, 2.75) is 31.8 Å². The van der Waals surface area contributed by atoms with E-state index in [0.717, 1.165) is 19.0 Å². The fourth-order valence-electron chi connectivity index (χ4n) is 3.56. The van der Waals surface area contributed by atoms with Crippen LogP contribution in [0, 0.1) is 5.92 Å². The van der Waals surface area contributed by atoms with Crippen molar-refractivity contribution in [1.29, 1.82) is 0 Å². The summed E-state index contributed by atoms with van der Waals surface area (Å²) in [4.78, 5) is 5.18. The second-order valence-corrected chi connectivity index (χ2v) is 6.69. The highest BCUT2D eigenvalue weighted by molar-refractivity contribution is 5.20. The number of nitrogens with zero attached hydrogens (tertiary/aromatic N) is 2. The summed E-state index contributed by atoms with van der Waals surface area (Å²) < 4.78 is 0. The van der Waals surface area contributed by atoms with E-state index >= 15 is 0 Å². The first kappa shape index (κ1) is 15.0. The molecule has 0 amide bonds. The van der Waals surface area contributed by atoms with E-state index in [2.05, 4.69) is 59.4 Å². The molecule has 1 heterocycles. The quantitative estimate of drug-likeness (QED) is 0.866. The average Bonchev–Trinajstić information content (AvgIpc) is 3.34. The Kier molecular flexibility index (Phi) is 4.94. The highest BCUT2D eigenvalue weighted by atomic mass is 15.3. The van der Waals surface area contributed by atoms with Crippen LogP contribution in [0.25, 0.3) is 0 Å². The van der Waals surface area contributed by atoms with Crippen LogP contribution in [0.3, 0.4) is 0 Å². The molecule has 3 nitrogen and oxygen atoms in total. The van der Waals surface area contributed by atoms with Crippen LogP contribution in [0.5, 0.6) is 0 Å². The molecule has 1 aliphatic carbocycles. The summed E-state index contributed by atoms with van der Waals surface area (Å²) >= 11 is 0. The first-order valence-corrected chi connectivity index (χ1v) is 8.49. The van der Waals surface area contributed by atoms with Crippen LogP contribution in [0.4, 0.5) is 0 Å². The molecule has 21 heavy (non-hydrogen) atoms. The molecule has 1 aromatic rings. The molecule has 2 unspecified atom stereocenters. The normalized spacial score (nSPS) is 25.9. The Labute approximate surface area is 129 Å². The lowest BCUT2D eigenvalue weighted by atomic mass is 10.0. The molecule has 0 spiro atoms. The van der Waals surface area contributed by atoms with E-state index in [1.807, 2.05) is 0 Å². The molecule has 2 aliphatic rings. The van der Waals surface area contributed by atoms with Crippen molar-refractivity contribution >= 4 is 0 Å². The Morgan fingerprint density at radius 2 is 1.95 bits per heavy atom. The molecule has 0 bridgehead atoms. The van der Waals surface area contributed by atoms with Crippen LogP contribution >= 0.6 is 0 Å². The molecule has 1 aromatic carbocycles. The highest BCUT2D eigenvalue weighted by Crippen LogP contribution is 2.34. The summed E-state index contributed by atoms with van der Waals surface area (Å²) in [5.74, 6) is 0.918. The Morgan fingerprint density at radius 1 is 1.19 bits per heavy atom. The molecule has 1 aliphatic heterocycles. The Balaban J connectivity index is 1.71. The molecule has 1 saturated heterocycles. The van der Waals surface area contributed by atoms with Crippen LogP contribution in [0.2, 0.25) is 0 Å². The van der Waals surface area contributed by atoms with Gasteiger partial charge in [-0.2, -0.15) is 0 Å². The summed E-state index contributed by atoms with van der Waals surface area (Å²) in [6, 6.07) is 12.3. The third kappa shape index (κ3) is 3.85. The molecular weight excluding hydrogens is 258 g/mol. The van der Waals surface area contributed by atoms with Gasteiger partial charge < -0.3 is 10.2 Å². The van der Waals surface area contributed by atoms with E-state index in [4.69, 9.17) is 0 Å². The minimum Gasteiger partial charge on any atom is -0.313 e. The van der Waals surface area contributed by atoms with Crippen LogP contribution in [-0.4, -0.2) is 55.6 Å². The van der Waals surface area contributed by atoms with Gasteiger partial charge in [0.25, 0.3) is 0 Å². The van der Waals surface area contributed by atoms with Gasteiger partial charge in [0.2, 0.25) is 0 Å². The van der Waals surface area contributed by atoms with Gasteiger partial charge in [0.15, 0.2) is 0 Å². The number of rotatable bonds is 6. The summed E-state index contributed by atoms with van der Waals surface area (Å²) in [7, 11) is 2.25. The molecule has 3 heteroatoms. The first-order chi connectivity index (χ1) is 10.3. The second-order valence-electron chi connectivity index (χ2n) is 6.69. The SMILES string of the molecule is CCNC(CN1CCN(C)CC1c1ccccc1)C1CC1. The van der Waals surface area contributed by atoms with Gasteiger partial charge in [-0.25, -0.2) is 0 Å². The van der Waals surface area contributed by atoms with Gasteiger partial charge >= 0.3 is 0 Å². The fraction of sp³-hybridized carbons (Fsp3) is 0.667. The maximum Gasteiger partial charge on any atom is 0.0476 e. The molecule has 0 aromatic heterocycles. The lowest BCUT2D eigenvalue weighted by Crippen LogP contribution is -2.51. The highest BCUT2D eigenvalue weighted by Gasteiger charge is 2.35. The predicted molar refractivity (Wildman–Crippen MR) is 88.4 cm³/mol. The molecule has 1 saturated carbocycles. The summed E-state index contributed by atoms with van der Waals surface area (Å²) in [6.07, 6.45) is 2.84. The van der Waals surface area contributed by atoms with Crippen LogP contribution in [0.15, 0.2) is 30.3 Å². The molecule has 1 N–H and O–H groups in total. The van der Waals surface area contributed by atoms with Crippen molar-refractivity contribution in [1.82, 2.24) is 15.1 Å². The number of hydrogen-bond donors (Lipinski definition) is 1. The monoisotopic (exact) mass is 287 g/mol. The topological polar surface area (TPSA) is 18.5 Å². The molecular formula is C18H29N3. The summed E-state index contributed by atoms with van der Waals surface area (Å²) in [6.45, 7) is 8.04. The molecule has 3 rings (SSSR count). The van der Waals surface area contributed by atoms with Crippen LogP contribution in [-0.2, 0) is 0 Å². The molecule has 2 atom stereocenters. The van der Waals surface area contributed by atoms with Gasteiger partial charge in [-0.05, 0) is 37.9 Å². The lowest BCUT2D eigenvalue weighted by Gasteiger charge is -2.42. The average molecular weight is 287 g/mol. The number of nitrogens with one attached hydrogen (secondary N) is 1. The standard InChI is InChI=1S/C18H29N3/c1-3-19-17(15-9-10-15)13-21-12-11-20(2)14-18(21)16-7-5-4-6-8-16/h4-8,15,17-19H,3,9-14H2,1-2H3. The summed E-state index contributed by atoms with van der Waals surface area (Å²) in [5, 5.41) is 3.72. The van der Waals surface area contributed by atoms with Gasteiger partial charge in [-0.15, -0.1) is 0 Å². The zero-order valence-corrected chi connectivity index (χ0v) is 13.5. The first-order valence-electron chi connectivity index (χ1n) is 8.49. The predicted octanol–water partition coefficient (Wildman–Crippen LogP) is 2.36. The molecule has 0 radical (unpaired) electrons. The van der Waals surface area contributed by atoms with Crippen LogP contribution in [0.1, 0.15) is 31.4 Å². The smallest absolute Gasteiger partial charge is 0.0476 e.